The van der Waals surface area contributed by atoms with E-state index in [1.54, 1.807) is 4.90 Å². The average Bonchev–Trinajstić information content (AvgIpc) is 2.85. The van der Waals surface area contributed by atoms with Gasteiger partial charge in [0.25, 0.3) is 11.5 Å². The minimum atomic E-state index is -0.737. The molecule has 202 valence electrons. The molecule has 1 aromatic heterocycles. The Kier molecular flexibility index (Phi) is 11.7. The van der Waals surface area contributed by atoms with E-state index in [-0.39, 0.29) is 49.4 Å². The van der Waals surface area contributed by atoms with E-state index in [0.717, 1.165) is 38.5 Å². The smallest absolute Gasteiger partial charge is 0.330 e. The third-order valence-electron chi connectivity index (χ3n) is 6.53. The number of H-pyrrole nitrogens is 1. The van der Waals surface area contributed by atoms with Gasteiger partial charge in [0, 0.05) is 32.1 Å². The molecule has 0 aromatic carbocycles. The van der Waals surface area contributed by atoms with Gasteiger partial charge >= 0.3 is 11.7 Å². The van der Waals surface area contributed by atoms with Crippen LogP contribution in [-0.2, 0) is 25.7 Å². The predicted molar refractivity (Wildman–Crippen MR) is 138 cm³/mol. The molecule has 2 amide bonds. The maximum Gasteiger partial charge on any atom is 0.330 e. The van der Waals surface area contributed by atoms with E-state index in [2.05, 4.69) is 4.98 Å². The third kappa shape index (κ3) is 7.96. The van der Waals surface area contributed by atoms with E-state index >= 15 is 0 Å². The van der Waals surface area contributed by atoms with Crippen LogP contribution < -0.4 is 21.9 Å². The molecule has 11 nitrogen and oxygen atoms in total. The molecule has 0 aliphatic carbocycles. The van der Waals surface area contributed by atoms with Crippen LogP contribution in [0.2, 0.25) is 0 Å². The van der Waals surface area contributed by atoms with Gasteiger partial charge in [-0.15, -0.1) is 0 Å². The number of rotatable bonds is 13. The van der Waals surface area contributed by atoms with Gasteiger partial charge < -0.3 is 20.3 Å². The minimum Gasteiger partial charge on any atom is -0.456 e. The van der Waals surface area contributed by atoms with Crippen LogP contribution in [0.15, 0.2) is 9.59 Å². The molecule has 0 spiro atoms. The van der Waals surface area contributed by atoms with Crippen LogP contribution in [-0.4, -0.2) is 58.0 Å². The predicted octanol–water partition coefficient (Wildman–Crippen LogP) is 2.17. The average molecular weight is 508 g/mol. The number of nitrogens with one attached hydrogen (secondary N) is 1. The number of ether oxygens (including phenoxy) is 1. The van der Waals surface area contributed by atoms with Gasteiger partial charge in [0.05, 0.1) is 6.42 Å². The topological polar surface area (TPSA) is 148 Å². The van der Waals surface area contributed by atoms with E-state index in [9.17, 15) is 24.0 Å². The summed E-state index contributed by atoms with van der Waals surface area (Å²) in [5.41, 5.74) is 4.77. The van der Waals surface area contributed by atoms with E-state index in [1.165, 1.54) is 9.47 Å². The van der Waals surface area contributed by atoms with Crippen molar-refractivity contribution < 1.29 is 19.1 Å². The lowest BCUT2D eigenvalue weighted by Crippen LogP contribution is -2.44. The van der Waals surface area contributed by atoms with Crippen molar-refractivity contribution in [1.29, 1.82) is 0 Å². The molecule has 2 heterocycles. The summed E-state index contributed by atoms with van der Waals surface area (Å²) in [7, 11) is 0. The zero-order chi connectivity index (χ0) is 26.7. The molecule has 1 aliphatic rings. The van der Waals surface area contributed by atoms with E-state index in [1.807, 2.05) is 20.8 Å². The lowest BCUT2D eigenvalue weighted by molar-refractivity contribution is -0.153. The first kappa shape index (κ1) is 29.1. The summed E-state index contributed by atoms with van der Waals surface area (Å²) in [4.78, 5) is 68.0. The van der Waals surface area contributed by atoms with Gasteiger partial charge in [0.15, 0.2) is 12.3 Å². The number of nitrogen functional groups attached to an aromatic ring is 1. The molecular weight excluding hydrogens is 466 g/mol. The van der Waals surface area contributed by atoms with Gasteiger partial charge in [0.1, 0.15) is 5.82 Å². The molecule has 0 unspecified atom stereocenters. The highest BCUT2D eigenvalue weighted by Crippen LogP contribution is 2.20. The molecule has 11 heteroatoms. The van der Waals surface area contributed by atoms with E-state index in [4.69, 9.17) is 10.5 Å². The van der Waals surface area contributed by atoms with Gasteiger partial charge in [-0.25, -0.2) is 4.79 Å². The first-order valence-corrected chi connectivity index (χ1v) is 13.1. The number of anilines is 2. The molecule has 2 rings (SSSR count). The van der Waals surface area contributed by atoms with Crippen LogP contribution in [0.25, 0.3) is 0 Å². The van der Waals surface area contributed by atoms with Gasteiger partial charge in [-0.1, -0.05) is 33.1 Å². The van der Waals surface area contributed by atoms with Crippen LogP contribution in [0.1, 0.15) is 85.0 Å². The Morgan fingerprint density at radius 2 is 1.81 bits per heavy atom. The Morgan fingerprint density at radius 1 is 1.08 bits per heavy atom. The maximum absolute atomic E-state index is 13.1. The molecule has 1 aromatic rings. The number of carbonyl (C=O) groups excluding carboxylic acids is 3. The number of nitrogens with zero attached hydrogens (tertiary/aromatic N) is 3. The van der Waals surface area contributed by atoms with Crippen molar-refractivity contribution >= 4 is 29.3 Å². The minimum absolute atomic E-state index is 0.0640. The van der Waals surface area contributed by atoms with Gasteiger partial charge in [-0.2, -0.15) is 0 Å². The third-order valence-corrected chi connectivity index (χ3v) is 6.53. The fourth-order valence-corrected chi connectivity index (χ4v) is 4.37. The summed E-state index contributed by atoms with van der Waals surface area (Å²) in [6.45, 7) is 6.80. The number of nitrogens with two attached hydrogens (primary N) is 1. The number of unbranched alkanes of at least 4 members (excludes halogenated alkanes) is 3. The van der Waals surface area contributed by atoms with Crippen LogP contribution >= 0.6 is 0 Å². The van der Waals surface area contributed by atoms with Crippen molar-refractivity contribution in [2.24, 2.45) is 0 Å². The van der Waals surface area contributed by atoms with Crippen LogP contribution in [0.4, 0.5) is 11.5 Å². The Morgan fingerprint density at radius 3 is 2.47 bits per heavy atom. The van der Waals surface area contributed by atoms with Crippen LogP contribution in [0.5, 0.6) is 0 Å². The van der Waals surface area contributed by atoms with Crippen molar-refractivity contribution in [3.8, 4) is 0 Å². The Labute approximate surface area is 212 Å². The number of aromatic nitrogens is 2. The summed E-state index contributed by atoms with van der Waals surface area (Å²) in [6, 6.07) is 0.118. The van der Waals surface area contributed by atoms with Crippen molar-refractivity contribution in [3.05, 3.63) is 20.8 Å². The van der Waals surface area contributed by atoms with E-state index in [0.29, 0.717) is 25.9 Å². The number of likely N-dealkylation sites (tertiary alicyclic amines) is 1. The molecule has 1 atom stereocenters. The molecule has 36 heavy (non-hydrogen) atoms. The molecule has 3 N–H and O–H groups in total. The largest absolute Gasteiger partial charge is 0.456 e. The van der Waals surface area contributed by atoms with Crippen molar-refractivity contribution in [3.63, 3.8) is 0 Å². The van der Waals surface area contributed by atoms with Crippen LogP contribution in [0, 0.1) is 0 Å². The highest BCUT2D eigenvalue weighted by molar-refractivity contribution is 5.97. The van der Waals surface area contributed by atoms with Crippen molar-refractivity contribution in [2.75, 3.05) is 30.3 Å². The number of aromatic amines is 1. The first-order chi connectivity index (χ1) is 17.2. The second-order valence-electron chi connectivity index (χ2n) is 9.34. The monoisotopic (exact) mass is 507 g/mol. The molecular formula is C25H41N5O6. The zero-order valence-corrected chi connectivity index (χ0v) is 21.8. The second kappa shape index (κ2) is 14.4. The SMILES string of the molecule is CCCCCN(C(=O)CCC(=O)OCC(=O)N1CCCC[C@@H]1C)c1c(N)n(CCCC)c(=O)[nH]c1=O. The van der Waals surface area contributed by atoms with Crippen molar-refractivity contribution in [1.82, 2.24) is 14.5 Å². The lowest BCUT2D eigenvalue weighted by Gasteiger charge is -2.33. The zero-order valence-electron chi connectivity index (χ0n) is 21.8. The number of carbonyl (C=O) groups is 3. The highest BCUT2D eigenvalue weighted by atomic mass is 16.5. The fraction of sp³-hybridized carbons (Fsp3) is 0.720. The maximum atomic E-state index is 13.1. The number of hydrogen-bond donors (Lipinski definition) is 2. The van der Waals surface area contributed by atoms with Gasteiger partial charge in [0.2, 0.25) is 5.91 Å². The summed E-state index contributed by atoms with van der Waals surface area (Å²) in [5.74, 6) is -1.44. The quantitative estimate of drug-likeness (QED) is 0.307. The second-order valence-corrected chi connectivity index (χ2v) is 9.34. The van der Waals surface area contributed by atoms with Gasteiger partial charge in [-0.3, -0.25) is 28.7 Å². The number of piperidine rings is 1. The number of amides is 2. The fourth-order valence-electron chi connectivity index (χ4n) is 4.37. The molecule has 0 saturated carbocycles. The number of esters is 1. The Bertz CT molecular complexity index is 1020. The van der Waals surface area contributed by atoms with Gasteiger partial charge in [-0.05, 0) is 39.0 Å². The summed E-state index contributed by atoms with van der Waals surface area (Å²) < 4.78 is 6.39. The van der Waals surface area contributed by atoms with E-state index < -0.39 is 23.1 Å². The highest BCUT2D eigenvalue weighted by Gasteiger charge is 2.26. The molecule has 1 fully saturated rings. The summed E-state index contributed by atoms with van der Waals surface area (Å²) >= 11 is 0. The lowest BCUT2D eigenvalue weighted by atomic mass is 10.0. The van der Waals surface area contributed by atoms with Crippen LogP contribution in [0.3, 0.4) is 0 Å². The molecule has 1 saturated heterocycles. The van der Waals surface area contributed by atoms with Crippen molar-refractivity contribution in [2.45, 2.75) is 97.6 Å². The normalized spacial score (nSPS) is 15.5. The molecule has 1 aliphatic heterocycles. The summed E-state index contributed by atoms with van der Waals surface area (Å²) in [6.07, 6.45) is 6.34. The number of hydrogen-bond acceptors (Lipinski definition) is 7. The summed E-state index contributed by atoms with van der Waals surface area (Å²) in [5, 5.41) is 0. The molecule has 0 bridgehead atoms. The first-order valence-electron chi connectivity index (χ1n) is 13.1. The standard InChI is InChI=1S/C25H41N5O6/c1-4-6-9-16-29(22-23(26)30(14-7-5-2)25(35)27-24(22)34)19(31)12-13-21(33)36-17-20(32)28-15-10-8-11-18(28)3/h18H,4-17,26H2,1-3H3,(H,27,34,35)/t18-/m0/s1. The molecule has 0 radical (unpaired) electrons. The Balaban J connectivity index is 2.08. The Hall–Kier alpha value is -3.11.